The van der Waals surface area contributed by atoms with E-state index >= 15 is 0 Å². The van der Waals surface area contributed by atoms with Gasteiger partial charge >= 0.3 is 0 Å². The van der Waals surface area contributed by atoms with Gasteiger partial charge in [-0.1, -0.05) is 6.07 Å². The van der Waals surface area contributed by atoms with Crippen molar-refractivity contribution in [2.45, 2.75) is 6.54 Å². The van der Waals surface area contributed by atoms with Crippen LogP contribution in [0.4, 0.5) is 10.1 Å². The second-order valence-corrected chi connectivity index (χ2v) is 5.54. The molecule has 0 bridgehead atoms. The van der Waals surface area contributed by atoms with E-state index in [2.05, 4.69) is 57.2 Å². The molecule has 0 radical (unpaired) electrons. The van der Waals surface area contributed by atoms with Crippen LogP contribution in [0.25, 0.3) is 10.9 Å². The van der Waals surface area contributed by atoms with E-state index < -0.39 is 0 Å². The van der Waals surface area contributed by atoms with Gasteiger partial charge in [0, 0.05) is 27.5 Å². The Labute approximate surface area is 124 Å². The molecule has 3 aromatic rings. The fourth-order valence-corrected chi connectivity index (χ4v) is 2.71. The maximum absolute atomic E-state index is 13.0. The molecular weight excluding hydrogens is 354 g/mol. The zero-order chi connectivity index (χ0) is 13.2. The third-order valence-corrected chi connectivity index (χ3v) is 3.92. The topological polar surface area (TPSA) is 27.8 Å². The van der Waals surface area contributed by atoms with Crippen LogP contribution in [-0.4, -0.2) is 4.98 Å². The summed E-state index contributed by atoms with van der Waals surface area (Å²) in [5.74, 6) is -0.205. The molecule has 2 N–H and O–H groups in total. The highest BCUT2D eigenvalue weighted by Gasteiger charge is 2.02. The second-order valence-electron chi connectivity index (χ2n) is 4.38. The second kappa shape index (κ2) is 5.21. The number of rotatable bonds is 3. The number of hydrogen-bond donors (Lipinski definition) is 2. The molecule has 96 valence electrons. The van der Waals surface area contributed by atoms with Gasteiger partial charge in [-0.3, -0.25) is 0 Å². The van der Waals surface area contributed by atoms with E-state index in [1.165, 1.54) is 23.1 Å². The van der Waals surface area contributed by atoms with Gasteiger partial charge in [-0.2, -0.15) is 0 Å². The van der Waals surface area contributed by atoms with E-state index in [1.807, 2.05) is 6.20 Å². The maximum Gasteiger partial charge on any atom is 0.124 e. The minimum atomic E-state index is -0.205. The first kappa shape index (κ1) is 12.5. The summed E-state index contributed by atoms with van der Waals surface area (Å²) in [6.07, 6.45) is 1.94. The highest BCUT2D eigenvalue weighted by molar-refractivity contribution is 14.1. The van der Waals surface area contributed by atoms with E-state index in [4.69, 9.17) is 0 Å². The number of nitrogens with one attached hydrogen (secondary N) is 2. The molecule has 0 amide bonds. The van der Waals surface area contributed by atoms with Gasteiger partial charge < -0.3 is 10.3 Å². The monoisotopic (exact) mass is 366 g/mol. The highest BCUT2D eigenvalue weighted by Crippen LogP contribution is 2.20. The number of benzene rings is 2. The van der Waals surface area contributed by atoms with E-state index in [0.29, 0.717) is 0 Å². The van der Waals surface area contributed by atoms with Gasteiger partial charge in [0.1, 0.15) is 5.82 Å². The number of aromatic nitrogens is 1. The fraction of sp³-hybridized carbons (Fsp3) is 0.0667. The average molecular weight is 366 g/mol. The van der Waals surface area contributed by atoms with Gasteiger partial charge in [0.2, 0.25) is 0 Å². The summed E-state index contributed by atoms with van der Waals surface area (Å²) in [4.78, 5) is 3.17. The lowest BCUT2D eigenvalue weighted by molar-refractivity contribution is 0.627. The molecule has 0 saturated carbocycles. The molecule has 19 heavy (non-hydrogen) atoms. The first-order valence-electron chi connectivity index (χ1n) is 5.97. The molecule has 0 aliphatic rings. The normalized spacial score (nSPS) is 10.8. The Bertz CT molecular complexity index is 721. The Balaban J connectivity index is 1.77. The van der Waals surface area contributed by atoms with Crippen LogP contribution in [0.1, 0.15) is 5.56 Å². The molecule has 0 unspecified atom stereocenters. The SMILES string of the molecule is Fc1ccc(NCc2ccc3[nH]ccc3c2)c(I)c1. The number of H-pyrrole nitrogens is 1. The predicted octanol–water partition coefficient (Wildman–Crippen LogP) is 4.52. The molecule has 0 atom stereocenters. The van der Waals surface area contributed by atoms with Crippen LogP contribution >= 0.6 is 22.6 Å². The lowest BCUT2D eigenvalue weighted by atomic mass is 10.1. The smallest absolute Gasteiger partial charge is 0.124 e. The summed E-state index contributed by atoms with van der Waals surface area (Å²) in [6, 6.07) is 13.1. The molecule has 0 aliphatic heterocycles. The van der Waals surface area contributed by atoms with Crippen molar-refractivity contribution < 1.29 is 4.39 Å². The Hall–Kier alpha value is -1.56. The molecule has 2 aromatic carbocycles. The van der Waals surface area contributed by atoms with Crippen molar-refractivity contribution >= 4 is 39.2 Å². The summed E-state index contributed by atoms with van der Waals surface area (Å²) < 4.78 is 13.9. The lowest BCUT2D eigenvalue weighted by Crippen LogP contribution is -2.01. The van der Waals surface area contributed by atoms with Crippen molar-refractivity contribution in [2.24, 2.45) is 0 Å². The van der Waals surface area contributed by atoms with Crippen LogP contribution in [0.3, 0.4) is 0 Å². The molecule has 3 rings (SSSR count). The molecule has 4 heteroatoms. The first-order chi connectivity index (χ1) is 9.22. The fourth-order valence-electron chi connectivity index (χ4n) is 2.04. The van der Waals surface area contributed by atoms with Crippen LogP contribution in [-0.2, 0) is 6.54 Å². The van der Waals surface area contributed by atoms with E-state index in [-0.39, 0.29) is 5.82 Å². The van der Waals surface area contributed by atoms with Gasteiger partial charge in [0.05, 0.1) is 0 Å². The Morgan fingerprint density at radius 3 is 2.84 bits per heavy atom. The summed E-state index contributed by atoms with van der Waals surface area (Å²) >= 11 is 2.13. The molecule has 1 heterocycles. The zero-order valence-electron chi connectivity index (χ0n) is 10.1. The van der Waals surface area contributed by atoms with Crippen molar-refractivity contribution in [2.75, 3.05) is 5.32 Å². The summed E-state index contributed by atoms with van der Waals surface area (Å²) in [7, 11) is 0. The summed E-state index contributed by atoms with van der Waals surface area (Å²) in [6.45, 7) is 0.725. The van der Waals surface area contributed by atoms with Crippen LogP contribution in [0.2, 0.25) is 0 Å². The molecule has 0 aliphatic carbocycles. The van der Waals surface area contributed by atoms with Gasteiger partial charge in [-0.25, -0.2) is 4.39 Å². The molecule has 0 fully saturated rings. The third kappa shape index (κ3) is 2.73. The van der Waals surface area contributed by atoms with Gasteiger partial charge in [0.15, 0.2) is 0 Å². The molecule has 1 aromatic heterocycles. The summed E-state index contributed by atoms with van der Waals surface area (Å²) in [5.41, 5.74) is 3.29. The number of hydrogen-bond acceptors (Lipinski definition) is 1. The van der Waals surface area contributed by atoms with E-state index in [0.717, 1.165) is 21.3 Å². The van der Waals surface area contributed by atoms with Crippen LogP contribution in [0.15, 0.2) is 48.7 Å². The van der Waals surface area contributed by atoms with Crippen molar-refractivity contribution in [3.63, 3.8) is 0 Å². The largest absolute Gasteiger partial charge is 0.380 e. The van der Waals surface area contributed by atoms with Crippen LogP contribution < -0.4 is 5.32 Å². The van der Waals surface area contributed by atoms with E-state index in [9.17, 15) is 4.39 Å². The van der Waals surface area contributed by atoms with E-state index in [1.54, 1.807) is 6.07 Å². The van der Waals surface area contributed by atoms with Crippen LogP contribution in [0, 0.1) is 9.39 Å². The van der Waals surface area contributed by atoms with Crippen molar-refractivity contribution in [3.8, 4) is 0 Å². The Morgan fingerprint density at radius 2 is 2.00 bits per heavy atom. The van der Waals surface area contributed by atoms with Crippen molar-refractivity contribution in [1.82, 2.24) is 4.98 Å². The van der Waals surface area contributed by atoms with Gasteiger partial charge in [-0.05, 0) is 69.9 Å². The average Bonchev–Trinajstić information content (AvgIpc) is 2.85. The predicted molar refractivity (Wildman–Crippen MR) is 84.7 cm³/mol. The standard InChI is InChI=1S/C15H12FIN2/c16-12-2-4-15(13(17)8-12)19-9-10-1-3-14-11(7-10)5-6-18-14/h1-8,18-19H,9H2. The lowest BCUT2D eigenvalue weighted by Gasteiger charge is -2.09. The third-order valence-electron chi connectivity index (χ3n) is 3.03. The number of anilines is 1. The minimum Gasteiger partial charge on any atom is -0.380 e. The number of halogens is 2. The minimum absolute atomic E-state index is 0.205. The number of fused-ring (bicyclic) bond motifs is 1. The maximum atomic E-state index is 13.0. The van der Waals surface area contributed by atoms with Gasteiger partial charge in [0.25, 0.3) is 0 Å². The first-order valence-corrected chi connectivity index (χ1v) is 7.05. The quantitative estimate of drug-likeness (QED) is 0.656. The highest BCUT2D eigenvalue weighted by atomic mass is 127. The van der Waals surface area contributed by atoms with Crippen molar-refractivity contribution in [3.05, 3.63) is 63.6 Å². The van der Waals surface area contributed by atoms with Crippen LogP contribution in [0.5, 0.6) is 0 Å². The molecule has 0 spiro atoms. The molecule has 0 saturated heterocycles. The molecular formula is C15H12FIN2. The number of aromatic amines is 1. The van der Waals surface area contributed by atoms with Crippen molar-refractivity contribution in [1.29, 1.82) is 0 Å². The Morgan fingerprint density at radius 1 is 1.11 bits per heavy atom. The van der Waals surface area contributed by atoms with Gasteiger partial charge in [-0.15, -0.1) is 0 Å². The molecule has 2 nitrogen and oxygen atoms in total. The zero-order valence-corrected chi connectivity index (χ0v) is 12.2. The Kier molecular flexibility index (Phi) is 3.42. The summed E-state index contributed by atoms with van der Waals surface area (Å²) in [5, 5.41) is 4.53.